The van der Waals surface area contributed by atoms with E-state index in [1.807, 2.05) is 0 Å². The van der Waals surface area contributed by atoms with Crippen molar-refractivity contribution >= 4 is 11.9 Å². The van der Waals surface area contributed by atoms with Gasteiger partial charge in [0.1, 0.15) is 6.54 Å². The third-order valence-corrected chi connectivity index (χ3v) is 3.23. The maximum atomic E-state index is 11.4. The molecule has 1 aliphatic rings. The molecule has 1 rings (SSSR count). The van der Waals surface area contributed by atoms with E-state index in [1.54, 1.807) is 7.11 Å². The minimum absolute atomic E-state index is 0.0647. The summed E-state index contributed by atoms with van der Waals surface area (Å²) >= 11 is 0. The van der Waals surface area contributed by atoms with E-state index < -0.39 is 0 Å². The van der Waals surface area contributed by atoms with Gasteiger partial charge in [-0.3, -0.25) is 4.79 Å². The Bertz CT molecular complexity index is 286. The molecule has 1 aliphatic carbocycles. The van der Waals surface area contributed by atoms with Gasteiger partial charge >= 0.3 is 0 Å². The smallest absolute Gasteiger partial charge is 0.241 e. The van der Waals surface area contributed by atoms with Crippen LogP contribution in [0.4, 0.5) is 0 Å². The van der Waals surface area contributed by atoms with Crippen molar-refractivity contribution in [3.05, 3.63) is 0 Å². The largest absolute Gasteiger partial charge is 0.383 e. The Morgan fingerprint density at radius 3 is 2.63 bits per heavy atom. The molecular formula is C13H26N4O2. The first-order chi connectivity index (χ1) is 9.22. The van der Waals surface area contributed by atoms with Crippen LogP contribution in [0.2, 0.25) is 0 Å². The van der Waals surface area contributed by atoms with Crippen molar-refractivity contribution in [2.45, 2.75) is 44.6 Å². The summed E-state index contributed by atoms with van der Waals surface area (Å²) in [5.41, 5.74) is 5.79. The molecule has 4 N–H and O–H groups in total. The molecule has 0 heterocycles. The highest BCUT2D eigenvalue weighted by Gasteiger charge is 2.12. The number of rotatable bonds is 6. The lowest BCUT2D eigenvalue weighted by atomic mass is 10.1. The highest BCUT2D eigenvalue weighted by molar-refractivity contribution is 5.84. The number of carbonyl (C=O) groups excluding carboxylic acids is 1. The zero-order chi connectivity index (χ0) is 13.9. The molecule has 0 aromatic rings. The van der Waals surface area contributed by atoms with E-state index in [0.717, 1.165) is 12.8 Å². The molecular weight excluding hydrogens is 244 g/mol. The number of hydrogen-bond acceptors (Lipinski definition) is 3. The molecule has 0 spiro atoms. The van der Waals surface area contributed by atoms with Crippen molar-refractivity contribution in [3.8, 4) is 0 Å². The number of nitrogens with two attached hydrogens (primary N) is 1. The van der Waals surface area contributed by atoms with Gasteiger partial charge in [-0.1, -0.05) is 25.7 Å². The standard InChI is InChI=1S/C13H26N4O2/c1-19-9-8-15-12(18)10-16-13(14)17-11-6-4-2-3-5-7-11/h11H,2-10H2,1H3,(H,15,18)(H3,14,16,17). The van der Waals surface area contributed by atoms with E-state index in [-0.39, 0.29) is 12.5 Å². The summed E-state index contributed by atoms with van der Waals surface area (Å²) in [4.78, 5) is 15.5. The van der Waals surface area contributed by atoms with Crippen LogP contribution in [-0.4, -0.2) is 44.7 Å². The zero-order valence-electron chi connectivity index (χ0n) is 11.8. The predicted octanol–water partition coefficient (Wildman–Crippen LogP) is 0.376. The third kappa shape index (κ3) is 7.66. The number of carbonyl (C=O) groups is 1. The minimum atomic E-state index is -0.136. The fourth-order valence-corrected chi connectivity index (χ4v) is 2.18. The summed E-state index contributed by atoms with van der Waals surface area (Å²) in [5.74, 6) is 0.233. The molecule has 0 bridgehead atoms. The van der Waals surface area contributed by atoms with E-state index >= 15 is 0 Å². The van der Waals surface area contributed by atoms with Gasteiger partial charge in [0.05, 0.1) is 6.61 Å². The molecule has 6 heteroatoms. The Morgan fingerprint density at radius 2 is 2.00 bits per heavy atom. The molecule has 19 heavy (non-hydrogen) atoms. The molecule has 0 unspecified atom stereocenters. The van der Waals surface area contributed by atoms with Crippen molar-refractivity contribution in [1.82, 2.24) is 10.6 Å². The SMILES string of the molecule is COCCNC(=O)CN=C(N)NC1CCCCCC1. The summed E-state index contributed by atoms with van der Waals surface area (Å²) in [6, 6.07) is 0.405. The average Bonchev–Trinajstić information content (AvgIpc) is 2.65. The summed E-state index contributed by atoms with van der Waals surface area (Å²) in [5, 5.41) is 5.90. The van der Waals surface area contributed by atoms with Crippen LogP contribution in [0.3, 0.4) is 0 Å². The molecule has 0 aromatic heterocycles. The fraction of sp³-hybridized carbons (Fsp3) is 0.846. The van der Waals surface area contributed by atoms with Crippen LogP contribution in [0.15, 0.2) is 4.99 Å². The van der Waals surface area contributed by atoms with Gasteiger partial charge in [-0.15, -0.1) is 0 Å². The number of methoxy groups -OCH3 is 1. The lowest BCUT2D eigenvalue weighted by Crippen LogP contribution is -2.40. The van der Waals surface area contributed by atoms with Gasteiger partial charge in [0.15, 0.2) is 5.96 Å². The fourth-order valence-electron chi connectivity index (χ4n) is 2.18. The Morgan fingerprint density at radius 1 is 1.32 bits per heavy atom. The van der Waals surface area contributed by atoms with Crippen molar-refractivity contribution in [2.75, 3.05) is 26.8 Å². The highest BCUT2D eigenvalue weighted by atomic mass is 16.5. The zero-order valence-corrected chi connectivity index (χ0v) is 11.8. The Hall–Kier alpha value is -1.30. The molecule has 110 valence electrons. The van der Waals surface area contributed by atoms with Gasteiger partial charge in [0.25, 0.3) is 0 Å². The number of hydrogen-bond donors (Lipinski definition) is 3. The molecule has 0 aliphatic heterocycles. The number of amides is 1. The van der Waals surface area contributed by atoms with Gasteiger partial charge in [-0.2, -0.15) is 0 Å². The number of aliphatic imine (C=N–C) groups is 1. The second-order valence-electron chi connectivity index (χ2n) is 4.88. The quantitative estimate of drug-likeness (QED) is 0.282. The van der Waals surface area contributed by atoms with E-state index in [2.05, 4.69) is 15.6 Å². The van der Waals surface area contributed by atoms with Crippen molar-refractivity contribution < 1.29 is 9.53 Å². The summed E-state index contributed by atoms with van der Waals surface area (Å²) in [6.07, 6.45) is 7.35. The van der Waals surface area contributed by atoms with Gasteiger partial charge in [-0.25, -0.2) is 4.99 Å². The molecule has 0 radical (unpaired) electrons. The summed E-state index contributed by atoms with van der Waals surface area (Å²) in [6.45, 7) is 1.07. The van der Waals surface area contributed by atoms with E-state index in [1.165, 1.54) is 25.7 Å². The maximum Gasteiger partial charge on any atom is 0.241 e. The first-order valence-electron chi connectivity index (χ1n) is 7.04. The Labute approximate surface area is 115 Å². The van der Waals surface area contributed by atoms with Crippen LogP contribution < -0.4 is 16.4 Å². The predicted molar refractivity (Wildman–Crippen MR) is 76.0 cm³/mol. The number of nitrogens with zero attached hydrogens (tertiary/aromatic N) is 1. The lowest BCUT2D eigenvalue weighted by molar-refractivity contribution is -0.119. The second kappa shape index (κ2) is 9.61. The van der Waals surface area contributed by atoms with Crippen molar-refractivity contribution in [2.24, 2.45) is 10.7 Å². The molecule has 6 nitrogen and oxygen atoms in total. The molecule has 1 amide bonds. The number of ether oxygens (including phenoxy) is 1. The number of guanidine groups is 1. The van der Waals surface area contributed by atoms with E-state index in [4.69, 9.17) is 10.5 Å². The molecule has 0 saturated heterocycles. The Kier molecular flexibility index (Phi) is 7.97. The van der Waals surface area contributed by atoms with E-state index in [0.29, 0.717) is 25.2 Å². The van der Waals surface area contributed by atoms with Crippen LogP contribution in [0, 0.1) is 0 Å². The molecule has 1 saturated carbocycles. The van der Waals surface area contributed by atoms with Gasteiger partial charge < -0.3 is 21.1 Å². The van der Waals surface area contributed by atoms with Crippen LogP contribution in [0.5, 0.6) is 0 Å². The van der Waals surface area contributed by atoms with E-state index in [9.17, 15) is 4.79 Å². The topological polar surface area (TPSA) is 88.7 Å². The second-order valence-corrected chi connectivity index (χ2v) is 4.88. The number of nitrogens with one attached hydrogen (secondary N) is 2. The Balaban J connectivity index is 2.21. The van der Waals surface area contributed by atoms with Gasteiger partial charge in [-0.05, 0) is 12.8 Å². The van der Waals surface area contributed by atoms with Gasteiger partial charge in [0.2, 0.25) is 5.91 Å². The monoisotopic (exact) mass is 270 g/mol. The molecule has 0 aromatic carbocycles. The normalized spacial score (nSPS) is 17.8. The highest BCUT2D eigenvalue weighted by Crippen LogP contribution is 2.16. The summed E-state index contributed by atoms with van der Waals surface area (Å²) < 4.78 is 4.84. The van der Waals surface area contributed by atoms with Crippen LogP contribution in [-0.2, 0) is 9.53 Å². The third-order valence-electron chi connectivity index (χ3n) is 3.23. The van der Waals surface area contributed by atoms with Crippen LogP contribution in [0.25, 0.3) is 0 Å². The van der Waals surface area contributed by atoms with Gasteiger partial charge in [0, 0.05) is 19.7 Å². The minimum Gasteiger partial charge on any atom is -0.383 e. The average molecular weight is 270 g/mol. The van der Waals surface area contributed by atoms with Crippen molar-refractivity contribution in [3.63, 3.8) is 0 Å². The first kappa shape index (κ1) is 15.8. The van der Waals surface area contributed by atoms with Crippen LogP contribution in [0.1, 0.15) is 38.5 Å². The van der Waals surface area contributed by atoms with Crippen LogP contribution >= 0.6 is 0 Å². The lowest BCUT2D eigenvalue weighted by Gasteiger charge is -2.16. The van der Waals surface area contributed by atoms with Crippen molar-refractivity contribution in [1.29, 1.82) is 0 Å². The molecule has 0 atom stereocenters. The maximum absolute atomic E-state index is 11.4. The first-order valence-corrected chi connectivity index (χ1v) is 7.04. The summed E-state index contributed by atoms with van der Waals surface area (Å²) in [7, 11) is 1.60. The molecule has 1 fully saturated rings.